The third-order valence-corrected chi connectivity index (χ3v) is 5.42. The summed E-state index contributed by atoms with van der Waals surface area (Å²) >= 11 is 0. The summed E-state index contributed by atoms with van der Waals surface area (Å²) in [6.07, 6.45) is 0. The van der Waals surface area contributed by atoms with Crippen molar-refractivity contribution in [3.05, 3.63) is 89.5 Å². The second-order valence-corrected chi connectivity index (χ2v) is 8.00. The summed E-state index contributed by atoms with van der Waals surface area (Å²) in [4.78, 5) is 12.5. The standard InChI is InChI=1S/C21H20N2O4S/c1-15-5-2-9-19(11-15)23-28(26,27)20-10-4-7-17(13-20)21(25)22-18-8-3-6-16(12-18)14-24/h2-13,23-24H,14H2,1H3,(H,22,25). The average molecular weight is 396 g/mol. The molecule has 6 nitrogen and oxygen atoms in total. The predicted molar refractivity (Wildman–Crippen MR) is 109 cm³/mol. The van der Waals surface area contributed by atoms with Gasteiger partial charge in [0.15, 0.2) is 0 Å². The Kier molecular flexibility index (Phi) is 5.77. The van der Waals surface area contributed by atoms with Crippen LogP contribution in [0.5, 0.6) is 0 Å². The van der Waals surface area contributed by atoms with Crippen LogP contribution in [0.2, 0.25) is 0 Å². The lowest BCUT2D eigenvalue weighted by Crippen LogP contribution is -2.16. The molecule has 0 atom stereocenters. The minimum absolute atomic E-state index is 0.00855. The average Bonchev–Trinajstić information content (AvgIpc) is 2.68. The Balaban J connectivity index is 1.81. The fourth-order valence-corrected chi connectivity index (χ4v) is 3.77. The van der Waals surface area contributed by atoms with E-state index in [1.165, 1.54) is 24.3 Å². The molecule has 0 aliphatic rings. The van der Waals surface area contributed by atoms with Crippen LogP contribution < -0.4 is 10.0 Å². The first-order chi connectivity index (χ1) is 13.4. The maximum atomic E-state index is 12.7. The number of rotatable bonds is 6. The van der Waals surface area contributed by atoms with Gasteiger partial charge in [0.1, 0.15) is 0 Å². The highest BCUT2D eigenvalue weighted by atomic mass is 32.2. The lowest BCUT2D eigenvalue weighted by molar-refractivity contribution is 0.102. The Morgan fingerprint density at radius 2 is 1.64 bits per heavy atom. The predicted octanol–water partition coefficient (Wildman–Crippen LogP) is 3.54. The minimum atomic E-state index is -3.83. The lowest BCUT2D eigenvalue weighted by atomic mass is 10.2. The molecule has 0 aromatic heterocycles. The topological polar surface area (TPSA) is 95.5 Å². The molecule has 3 aromatic carbocycles. The van der Waals surface area contributed by atoms with E-state index in [0.29, 0.717) is 16.9 Å². The molecule has 3 N–H and O–H groups in total. The van der Waals surface area contributed by atoms with Gasteiger partial charge in [0.05, 0.1) is 11.5 Å². The number of sulfonamides is 1. The zero-order chi connectivity index (χ0) is 20.1. The third kappa shape index (κ3) is 4.76. The van der Waals surface area contributed by atoms with E-state index >= 15 is 0 Å². The minimum Gasteiger partial charge on any atom is -0.392 e. The van der Waals surface area contributed by atoms with Gasteiger partial charge < -0.3 is 10.4 Å². The first-order valence-electron chi connectivity index (χ1n) is 8.58. The van der Waals surface area contributed by atoms with Gasteiger partial charge in [-0.25, -0.2) is 8.42 Å². The normalized spacial score (nSPS) is 11.1. The van der Waals surface area contributed by atoms with Crippen molar-refractivity contribution in [3.8, 4) is 0 Å². The highest BCUT2D eigenvalue weighted by Crippen LogP contribution is 2.19. The fourth-order valence-electron chi connectivity index (χ4n) is 2.68. The first kappa shape index (κ1) is 19.6. The van der Waals surface area contributed by atoms with Crippen LogP contribution in [0.25, 0.3) is 0 Å². The van der Waals surface area contributed by atoms with E-state index in [1.807, 2.05) is 13.0 Å². The third-order valence-electron chi connectivity index (χ3n) is 4.04. The van der Waals surface area contributed by atoms with Crippen LogP contribution in [0.1, 0.15) is 21.5 Å². The van der Waals surface area contributed by atoms with E-state index in [0.717, 1.165) is 5.56 Å². The van der Waals surface area contributed by atoms with E-state index in [2.05, 4.69) is 10.0 Å². The molecule has 144 valence electrons. The van der Waals surface area contributed by atoms with Crippen LogP contribution in [0.4, 0.5) is 11.4 Å². The zero-order valence-electron chi connectivity index (χ0n) is 15.2. The molecule has 0 aliphatic heterocycles. The van der Waals surface area contributed by atoms with Crippen LogP contribution in [-0.4, -0.2) is 19.4 Å². The van der Waals surface area contributed by atoms with E-state index in [4.69, 9.17) is 0 Å². The van der Waals surface area contributed by atoms with Gasteiger partial charge in [-0.3, -0.25) is 9.52 Å². The van der Waals surface area contributed by atoms with Crippen LogP contribution in [0, 0.1) is 6.92 Å². The number of aryl methyl sites for hydroxylation is 1. The summed E-state index contributed by atoms with van der Waals surface area (Å²) in [5.74, 6) is -0.442. The van der Waals surface area contributed by atoms with E-state index < -0.39 is 15.9 Å². The molecule has 1 amide bonds. The Hall–Kier alpha value is -3.16. The molecule has 7 heteroatoms. The Labute approximate surface area is 163 Å². The number of aliphatic hydroxyl groups excluding tert-OH is 1. The summed E-state index contributed by atoms with van der Waals surface area (Å²) in [5, 5.41) is 11.9. The monoisotopic (exact) mass is 396 g/mol. The molecule has 0 unspecified atom stereocenters. The summed E-state index contributed by atoms with van der Waals surface area (Å²) in [7, 11) is -3.83. The summed E-state index contributed by atoms with van der Waals surface area (Å²) < 4.78 is 27.8. The van der Waals surface area contributed by atoms with Gasteiger partial charge in [-0.15, -0.1) is 0 Å². The fraction of sp³-hybridized carbons (Fsp3) is 0.0952. The molecule has 28 heavy (non-hydrogen) atoms. The van der Waals surface area contributed by atoms with Crippen LogP contribution in [0.15, 0.2) is 77.7 Å². The van der Waals surface area contributed by atoms with Gasteiger partial charge in [0.2, 0.25) is 0 Å². The smallest absolute Gasteiger partial charge is 0.261 e. The Morgan fingerprint density at radius 1 is 0.929 bits per heavy atom. The molecule has 0 aliphatic carbocycles. The molecule has 0 bridgehead atoms. The van der Waals surface area contributed by atoms with Gasteiger partial charge in [0.25, 0.3) is 15.9 Å². The Morgan fingerprint density at radius 3 is 2.39 bits per heavy atom. The number of hydrogen-bond acceptors (Lipinski definition) is 4. The van der Waals surface area contributed by atoms with Crippen molar-refractivity contribution in [1.29, 1.82) is 0 Å². The van der Waals surface area contributed by atoms with E-state index in [1.54, 1.807) is 42.5 Å². The summed E-state index contributed by atoms with van der Waals surface area (Å²) in [5.41, 5.74) is 2.77. The SMILES string of the molecule is Cc1cccc(NS(=O)(=O)c2cccc(C(=O)Nc3cccc(CO)c3)c2)c1. The maximum absolute atomic E-state index is 12.7. The van der Waals surface area contributed by atoms with Gasteiger partial charge in [-0.2, -0.15) is 0 Å². The van der Waals surface area contributed by atoms with Gasteiger partial charge >= 0.3 is 0 Å². The quantitative estimate of drug-likeness (QED) is 0.594. The highest BCUT2D eigenvalue weighted by Gasteiger charge is 2.17. The molecular weight excluding hydrogens is 376 g/mol. The molecule has 3 rings (SSSR count). The zero-order valence-corrected chi connectivity index (χ0v) is 16.0. The summed E-state index contributed by atoms with van der Waals surface area (Å²) in [6, 6.07) is 19.6. The lowest BCUT2D eigenvalue weighted by Gasteiger charge is -2.11. The molecule has 0 fully saturated rings. The molecular formula is C21H20N2O4S. The molecule has 0 radical (unpaired) electrons. The van der Waals surface area contributed by atoms with Gasteiger partial charge in [-0.05, 0) is 60.5 Å². The largest absolute Gasteiger partial charge is 0.392 e. The highest BCUT2D eigenvalue weighted by molar-refractivity contribution is 7.92. The van der Waals surface area contributed by atoms with Crippen molar-refractivity contribution in [2.75, 3.05) is 10.0 Å². The van der Waals surface area contributed by atoms with Crippen molar-refractivity contribution < 1.29 is 18.3 Å². The number of benzene rings is 3. The molecule has 0 saturated heterocycles. The van der Waals surface area contributed by atoms with Crippen LogP contribution in [-0.2, 0) is 16.6 Å². The van der Waals surface area contributed by atoms with Gasteiger partial charge in [-0.1, -0.05) is 30.3 Å². The number of amides is 1. The molecule has 3 aromatic rings. The molecule has 0 heterocycles. The number of anilines is 2. The van der Waals surface area contributed by atoms with Crippen molar-refractivity contribution in [3.63, 3.8) is 0 Å². The van der Waals surface area contributed by atoms with Gasteiger partial charge in [0, 0.05) is 16.9 Å². The van der Waals surface area contributed by atoms with Crippen molar-refractivity contribution >= 4 is 27.3 Å². The van der Waals surface area contributed by atoms with Crippen molar-refractivity contribution in [2.24, 2.45) is 0 Å². The second-order valence-electron chi connectivity index (χ2n) is 6.32. The Bertz CT molecular complexity index is 1110. The van der Waals surface area contributed by atoms with Crippen molar-refractivity contribution in [1.82, 2.24) is 0 Å². The number of carbonyl (C=O) groups excluding carboxylic acids is 1. The van der Waals surface area contributed by atoms with Crippen LogP contribution >= 0.6 is 0 Å². The maximum Gasteiger partial charge on any atom is 0.261 e. The number of hydrogen-bond donors (Lipinski definition) is 3. The molecule has 0 spiro atoms. The number of aliphatic hydroxyl groups is 1. The molecule has 0 saturated carbocycles. The first-order valence-corrected chi connectivity index (χ1v) is 10.1. The van der Waals surface area contributed by atoms with E-state index in [9.17, 15) is 18.3 Å². The van der Waals surface area contributed by atoms with Crippen LogP contribution in [0.3, 0.4) is 0 Å². The van der Waals surface area contributed by atoms with E-state index in [-0.39, 0.29) is 17.1 Å². The summed E-state index contributed by atoms with van der Waals surface area (Å²) in [6.45, 7) is 1.73. The second kappa shape index (κ2) is 8.24. The van der Waals surface area contributed by atoms with Crippen molar-refractivity contribution in [2.45, 2.75) is 18.4 Å². The number of nitrogens with one attached hydrogen (secondary N) is 2. The number of carbonyl (C=O) groups is 1.